The lowest BCUT2D eigenvalue weighted by Crippen LogP contribution is -2.29. The van der Waals surface area contributed by atoms with Crippen LogP contribution in [-0.2, 0) is 16.0 Å². The average Bonchev–Trinajstić information content (AvgIpc) is 3.20. The van der Waals surface area contributed by atoms with E-state index < -0.39 is 17.7 Å². The van der Waals surface area contributed by atoms with E-state index in [1.54, 1.807) is 36.4 Å². The van der Waals surface area contributed by atoms with Crippen LogP contribution in [0.4, 0.5) is 5.69 Å². The number of aliphatic hydroxyl groups excluding tert-OH is 1. The van der Waals surface area contributed by atoms with E-state index in [0.29, 0.717) is 36.1 Å². The minimum absolute atomic E-state index is 0.0550. The van der Waals surface area contributed by atoms with E-state index in [9.17, 15) is 14.7 Å². The highest BCUT2D eigenvalue weighted by atomic mass is 16.5. The fourth-order valence-electron chi connectivity index (χ4n) is 4.66. The molecular formula is C33H37NO5. The summed E-state index contributed by atoms with van der Waals surface area (Å²) < 4.78 is 11.7. The van der Waals surface area contributed by atoms with Crippen LogP contribution in [-0.4, -0.2) is 30.0 Å². The number of aliphatic hydroxyl groups is 1. The van der Waals surface area contributed by atoms with Crippen molar-refractivity contribution in [2.45, 2.75) is 53.5 Å². The lowest BCUT2D eigenvalue weighted by molar-refractivity contribution is -0.132. The highest BCUT2D eigenvalue weighted by molar-refractivity contribution is 6.51. The molecule has 4 rings (SSSR count). The fourth-order valence-corrected chi connectivity index (χ4v) is 4.66. The van der Waals surface area contributed by atoms with Crippen molar-refractivity contribution in [2.24, 2.45) is 5.92 Å². The summed E-state index contributed by atoms with van der Waals surface area (Å²) in [4.78, 5) is 28.5. The van der Waals surface area contributed by atoms with Crippen molar-refractivity contribution in [2.75, 3.05) is 18.1 Å². The van der Waals surface area contributed by atoms with Crippen LogP contribution in [0.5, 0.6) is 11.5 Å². The Hall–Kier alpha value is -4.06. The Balaban J connectivity index is 1.83. The molecule has 6 heteroatoms. The normalized spacial score (nSPS) is 16.7. The van der Waals surface area contributed by atoms with Crippen molar-refractivity contribution in [3.8, 4) is 11.5 Å². The number of hydrogen-bond acceptors (Lipinski definition) is 5. The molecule has 0 spiro atoms. The first kappa shape index (κ1) is 28.0. The quantitative estimate of drug-likeness (QED) is 0.174. The van der Waals surface area contributed by atoms with Gasteiger partial charge < -0.3 is 14.6 Å². The highest BCUT2D eigenvalue weighted by Gasteiger charge is 2.47. The molecule has 1 unspecified atom stereocenters. The van der Waals surface area contributed by atoms with E-state index in [0.717, 1.165) is 35.3 Å². The predicted molar refractivity (Wildman–Crippen MR) is 154 cm³/mol. The summed E-state index contributed by atoms with van der Waals surface area (Å²) in [5.41, 5.74) is 3.75. The van der Waals surface area contributed by atoms with Crippen LogP contribution < -0.4 is 14.4 Å². The molecule has 0 radical (unpaired) electrons. The minimum Gasteiger partial charge on any atom is -0.507 e. The third-order valence-corrected chi connectivity index (χ3v) is 6.74. The largest absolute Gasteiger partial charge is 0.507 e. The van der Waals surface area contributed by atoms with Gasteiger partial charge in [-0.25, -0.2) is 0 Å². The van der Waals surface area contributed by atoms with Gasteiger partial charge in [-0.05, 0) is 72.7 Å². The summed E-state index contributed by atoms with van der Waals surface area (Å²) >= 11 is 0. The SMILES string of the molecule is CCCOc1cccc(N2C(=O)C(=O)/C(=C(/O)c3ccc(OCC(C)C)c(C)c3)C2c2ccc(CC)cc2)c1. The molecule has 1 N–H and O–H groups in total. The molecule has 1 saturated heterocycles. The second-order valence-electron chi connectivity index (χ2n) is 10.3. The second kappa shape index (κ2) is 12.2. The van der Waals surface area contributed by atoms with E-state index in [1.165, 1.54) is 4.90 Å². The third kappa shape index (κ3) is 6.00. The fraction of sp³-hybridized carbons (Fsp3) is 0.333. The van der Waals surface area contributed by atoms with Crippen molar-refractivity contribution in [3.63, 3.8) is 0 Å². The number of benzene rings is 3. The molecule has 3 aromatic carbocycles. The molecule has 3 aromatic rings. The van der Waals surface area contributed by atoms with Gasteiger partial charge in [0.15, 0.2) is 0 Å². The maximum atomic E-state index is 13.5. The van der Waals surface area contributed by atoms with Gasteiger partial charge >= 0.3 is 0 Å². The minimum atomic E-state index is -0.797. The average molecular weight is 528 g/mol. The maximum absolute atomic E-state index is 13.5. The van der Waals surface area contributed by atoms with Gasteiger partial charge in [-0.2, -0.15) is 0 Å². The van der Waals surface area contributed by atoms with Gasteiger partial charge in [-0.3, -0.25) is 14.5 Å². The second-order valence-corrected chi connectivity index (χ2v) is 10.3. The molecule has 0 aromatic heterocycles. The summed E-state index contributed by atoms with van der Waals surface area (Å²) in [6.45, 7) is 11.3. The van der Waals surface area contributed by atoms with Gasteiger partial charge in [0.25, 0.3) is 11.7 Å². The zero-order valence-electron chi connectivity index (χ0n) is 23.4. The number of amides is 1. The number of anilines is 1. The number of ether oxygens (including phenoxy) is 2. The maximum Gasteiger partial charge on any atom is 0.300 e. The molecule has 1 aliphatic heterocycles. The van der Waals surface area contributed by atoms with Gasteiger partial charge in [-0.15, -0.1) is 0 Å². The molecule has 1 atom stereocenters. The Morgan fingerprint density at radius 1 is 0.974 bits per heavy atom. The zero-order chi connectivity index (χ0) is 28.1. The van der Waals surface area contributed by atoms with E-state index in [2.05, 4.69) is 20.8 Å². The van der Waals surface area contributed by atoms with Crippen LogP contribution in [0.25, 0.3) is 5.76 Å². The van der Waals surface area contributed by atoms with Crippen molar-refractivity contribution in [3.05, 3.63) is 94.6 Å². The predicted octanol–water partition coefficient (Wildman–Crippen LogP) is 7.01. The van der Waals surface area contributed by atoms with Gasteiger partial charge in [0.1, 0.15) is 17.3 Å². The Morgan fingerprint density at radius 2 is 1.72 bits per heavy atom. The third-order valence-electron chi connectivity index (χ3n) is 6.74. The summed E-state index contributed by atoms with van der Waals surface area (Å²) in [6.07, 6.45) is 1.71. The van der Waals surface area contributed by atoms with Crippen LogP contribution in [0, 0.1) is 12.8 Å². The van der Waals surface area contributed by atoms with Gasteiger partial charge in [0.2, 0.25) is 0 Å². The van der Waals surface area contributed by atoms with Crippen LogP contribution >= 0.6 is 0 Å². The lowest BCUT2D eigenvalue weighted by Gasteiger charge is -2.26. The molecule has 1 heterocycles. The number of carbonyl (C=O) groups is 2. The number of rotatable bonds is 10. The zero-order valence-corrected chi connectivity index (χ0v) is 23.4. The Bertz CT molecular complexity index is 1370. The van der Waals surface area contributed by atoms with Gasteiger partial charge in [-0.1, -0.05) is 58.0 Å². The molecule has 1 fully saturated rings. The summed E-state index contributed by atoms with van der Waals surface area (Å²) in [7, 11) is 0. The van der Waals surface area contributed by atoms with Crippen LogP contribution in [0.3, 0.4) is 0 Å². The molecule has 1 aliphatic rings. The van der Waals surface area contributed by atoms with Crippen LogP contribution in [0.1, 0.15) is 62.4 Å². The molecular weight excluding hydrogens is 490 g/mol. The molecule has 0 aliphatic carbocycles. The first-order valence-electron chi connectivity index (χ1n) is 13.6. The smallest absolute Gasteiger partial charge is 0.300 e. The highest BCUT2D eigenvalue weighted by Crippen LogP contribution is 2.43. The van der Waals surface area contributed by atoms with E-state index >= 15 is 0 Å². The molecule has 0 saturated carbocycles. The number of ketones is 1. The number of carbonyl (C=O) groups excluding carboxylic acids is 2. The van der Waals surface area contributed by atoms with Crippen molar-refractivity contribution in [1.29, 1.82) is 0 Å². The molecule has 0 bridgehead atoms. The standard InChI is InChI=1S/C33H37NO5/c1-6-17-38-27-10-8-9-26(19-27)34-30(24-13-11-23(7-2)12-14-24)29(32(36)33(34)37)31(35)25-15-16-28(22(5)18-25)39-20-21(3)4/h8-16,18-19,21,30,35H,6-7,17,20H2,1-5H3/b31-29+. The number of nitrogens with zero attached hydrogens (tertiary/aromatic N) is 1. The Morgan fingerprint density at radius 3 is 2.36 bits per heavy atom. The van der Waals surface area contributed by atoms with E-state index in [-0.39, 0.29) is 11.3 Å². The first-order chi connectivity index (χ1) is 18.7. The van der Waals surface area contributed by atoms with Gasteiger partial charge in [0, 0.05) is 17.3 Å². The van der Waals surface area contributed by atoms with Crippen LogP contribution in [0.15, 0.2) is 72.3 Å². The Kier molecular flexibility index (Phi) is 8.75. The summed E-state index contributed by atoms with van der Waals surface area (Å²) in [6, 6.07) is 19.5. The number of aryl methyl sites for hydroxylation is 2. The first-order valence-corrected chi connectivity index (χ1v) is 13.6. The molecule has 1 amide bonds. The number of Topliss-reactive ketones (excluding diaryl/α,β-unsaturated/α-hetero) is 1. The molecule has 204 valence electrons. The summed E-state index contributed by atoms with van der Waals surface area (Å²) in [5.74, 6) is 0.0769. The lowest BCUT2D eigenvalue weighted by atomic mass is 9.94. The van der Waals surface area contributed by atoms with Crippen molar-refractivity contribution in [1.82, 2.24) is 0 Å². The van der Waals surface area contributed by atoms with Gasteiger partial charge in [0.05, 0.1) is 24.8 Å². The molecule has 39 heavy (non-hydrogen) atoms. The Labute approximate surface area is 230 Å². The summed E-state index contributed by atoms with van der Waals surface area (Å²) in [5, 5.41) is 11.5. The van der Waals surface area contributed by atoms with Crippen LogP contribution in [0.2, 0.25) is 0 Å². The van der Waals surface area contributed by atoms with E-state index in [4.69, 9.17) is 9.47 Å². The van der Waals surface area contributed by atoms with Crippen molar-refractivity contribution >= 4 is 23.1 Å². The molecule has 6 nitrogen and oxygen atoms in total. The topological polar surface area (TPSA) is 76.1 Å². The monoisotopic (exact) mass is 527 g/mol. The van der Waals surface area contributed by atoms with Crippen molar-refractivity contribution < 1.29 is 24.2 Å². The van der Waals surface area contributed by atoms with E-state index in [1.807, 2.05) is 44.2 Å². The number of hydrogen-bond donors (Lipinski definition) is 1.